The highest BCUT2D eigenvalue weighted by Gasteiger charge is 2.28. The van der Waals surface area contributed by atoms with Gasteiger partial charge < -0.3 is 10.1 Å². The molecule has 0 radical (unpaired) electrons. The Bertz CT molecular complexity index is 606. The van der Waals surface area contributed by atoms with Crippen molar-refractivity contribution in [2.24, 2.45) is 5.92 Å². The number of benzene rings is 1. The molecule has 24 heavy (non-hydrogen) atoms. The van der Waals surface area contributed by atoms with Gasteiger partial charge in [-0.15, -0.1) is 0 Å². The van der Waals surface area contributed by atoms with Crippen LogP contribution in [-0.4, -0.2) is 17.7 Å². The third-order valence-corrected chi connectivity index (χ3v) is 5.00. The predicted molar refractivity (Wildman–Crippen MR) is 97.3 cm³/mol. The molecule has 4 heteroatoms. The van der Waals surface area contributed by atoms with Gasteiger partial charge in [-0.25, -0.2) is 4.79 Å². The van der Waals surface area contributed by atoms with Crippen LogP contribution in [0.3, 0.4) is 0 Å². The molecular weight excluding hydrogens is 300 g/mol. The lowest BCUT2D eigenvalue weighted by Gasteiger charge is -2.21. The Hall–Kier alpha value is -1.55. The van der Waals surface area contributed by atoms with Crippen molar-refractivity contribution in [2.45, 2.75) is 77.5 Å². The van der Waals surface area contributed by atoms with Gasteiger partial charge in [0.25, 0.3) is 0 Å². The van der Waals surface area contributed by atoms with Crippen molar-refractivity contribution in [3.8, 4) is 0 Å². The number of nitrogens with one attached hydrogen (secondary N) is 2. The second-order valence-corrected chi connectivity index (χ2v) is 8.41. The summed E-state index contributed by atoms with van der Waals surface area (Å²) in [6.45, 7) is 7.96. The molecular formula is C20H30N2O2. The lowest BCUT2D eigenvalue weighted by molar-refractivity contribution is 0.0636. The Kier molecular flexibility index (Phi) is 4.86. The van der Waals surface area contributed by atoms with Gasteiger partial charge in [-0.05, 0) is 82.1 Å². The Morgan fingerprint density at radius 2 is 2.00 bits per heavy atom. The van der Waals surface area contributed by atoms with Crippen molar-refractivity contribution >= 4 is 11.8 Å². The molecule has 0 heterocycles. The van der Waals surface area contributed by atoms with Gasteiger partial charge in [0.15, 0.2) is 0 Å². The van der Waals surface area contributed by atoms with E-state index in [1.807, 2.05) is 26.8 Å². The van der Waals surface area contributed by atoms with Crippen molar-refractivity contribution < 1.29 is 9.53 Å². The minimum Gasteiger partial charge on any atom is -0.444 e. The number of hydrogen-bond donors (Lipinski definition) is 2. The number of carbonyl (C=O) groups excluding carboxylic acids is 1. The maximum absolute atomic E-state index is 11.9. The van der Waals surface area contributed by atoms with E-state index in [1.54, 1.807) is 0 Å². The monoisotopic (exact) mass is 330 g/mol. The van der Waals surface area contributed by atoms with E-state index in [2.05, 4.69) is 29.7 Å². The minimum absolute atomic E-state index is 0.393. The summed E-state index contributed by atoms with van der Waals surface area (Å²) in [7, 11) is 0. The van der Waals surface area contributed by atoms with E-state index in [0.717, 1.165) is 24.4 Å². The van der Waals surface area contributed by atoms with Gasteiger partial charge in [-0.2, -0.15) is 0 Å². The van der Waals surface area contributed by atoms with Gasteiger partial charge >= 0.3 is 6.09 Å². The van der Waals surface area contributed by atoms with E-state index >= 15 is 0 Å². The Morgan fingerprint density at radius 1 is 1.21 bits per heavy atom. The Morgan fingerprint density at radius 3 is 2.67 bits per heavy atom. The molecule has 0 spiro atoms. The van der Waals surface area contributed by atoms with Gasteiger partial charge in [0.1, 0.15) is 5.60 Å². The zero-order chi connectivity index (χ0) is 17.3. The highest BCUT2D eigenvalue weighted by atomic mass is 16.6. The molecule has 1 aromatic rings. The van der Waals surface area contributed by atoms with E-state index in [0.29, 0.717) is 12.1 Å². The normalized spacial score (nSPS) is 26.2. The van der Waals surface area contributed by atoms with Crippen molar-refractivity contribution in [1.29, 1.82) is 0 Å². The van der Waals surface area contributed by atoms with Gasteiger partial charge in [0.2, 0.25) is 0 Å². The molecule has 2 aliphatic carbocycles. The lowest BCUT2D eigenvalue weighted by atomic mass is 10.1. The topological polar surface area (TPSA) is 50.4 Å². The molecule has 0 aliphatic heterocycles. The van der Waals surface area contributed by atoms with Crippen molar-refractivity contribution in [3.05, 3.63) is 29.3 Å². The standard InChI is InChI=1S/C20H30N2O2/c1-13-5-7-15(11-13)21-18-10-6-14-12-16(8-9-17(14)18)22-19(23)24-20(2,3)4/h8-9,12-13,15,18,21H,5-7,10-11H2,1-4H3,(H,22,23). The summed E-state index contributed by atoms with van der Waals surface area (Å²) < 4.78 is 5.32. The summed E-state index contributed by atoms with van der Waals surface area (Å²) in [4.78, 5) is 11.9. The summed E-state index contributed by atoms with van der Waals surface area (Å²) >= 11 is 0. The van der Waals surface area contributed by atoms with E-state index < -0.39 is 11.7 Å². The Balaban J connectivity index is 1.62. The summed E-state index contributed by atoms with van der Waals surface area (Å²) in [6.07, 6.45) is 5.76. The zero-order valence-electron chi connectivity index (χ0n) is 15.3. The van der Waals surface area contributed by atoms with Gasteiger partial charge in [0.05, 0.1) is 0 Å². The fraction of sp³-hybridized carbons (Fsp3) is 0.650. The fourth-order valence-electron chi connectivity index (χ4n) is 3.93. The number of amides is 1. The average Bonchev–Trinajstić information content (AvgIpc) is 3.04. The molecule has 0 aromatic heterocycles. The second-order valence-electron chi connectivity index (χ2n) is 8.41. The quantitative estimate of drug-likeness (QED) is 0.837. The van der Waals surface area contributed by atoms with Gasteiger partial charge in [-0.1, -0.05) is 13.0 Å². The highest BCUT2D eigenvalue weighted by Crippen LogP contribution is 2.35. The summed E-state index contributed by atoms with van der Waals surface area (Å²) in [6, 6.07) is 7.37. The van der Waals surface area contributed by atoms with Crippen LogP contribution in [0.4, 0.5) is 10.5 Å². The van der Waals surface area contributed by atoms with Gasteiger partial charge in [0, 0.05) is 17.8 Å². The van der Waals surface area contributed by atoms with E-state index in [9.17, 15) is 4.79 Å². The molecule has 3 rings (SSSR count). The molecule has 2 N–H and O–H groups in total. The van der Waals surface area contributed by atoms with Crippen LogP contribution in [0.2, 0.25) is 0 Å². The molecule has 0 bridgehead atoms. The predicted octanol–water partition coefficient (Wildman–Crippen LogP) is 4.80. The van der Waals surface area contributed by atoms with Crippen molar-refractivity contribution in [3.63, 3.8) is 0 Å². The molecule has 1 aromatic carbocycles. The van der Waals surface area contributed by atoms with Crippen molar-refractivity contribution in [2.75, 3.05) is 5.32 Å². The van der Waals surface area contributed by atoms with Crippen LogP contribution in [-0.2, 0) is 11.2 Å². The fourth-order valence-corrected chi connectivity index (χ4v) is 3.93. The third-order valence-electron chi connectivity index (χ3n) is 5.00. The first kappa shape index (κ1) is 17.3. The molecule has 1 saturated carbocycles. The lowest BCUT2D eigenvalue weighted by Crippen LogP contribution is -2.29. The molecule has 1 fully saturated rings. The first-order valence-corrected chi connectivity index (χ1v) is 9.19. The molecule has 1 amide bonds. The minimum atomic E-state index is -0.478. The third kappa shape index (κ3) is 4.29. The summed E-state index contributed by atoms with van der Waals surface area (Å²) in [5.74, 6) is 0.851. The maximum Gasteiger partial charge on any atom is 0.412 e. The molecule has 132 valence electrons. The number of fused-ring (bicyclic) bond motifs is 1. The number of carbonyl (C=O) groups is 1. The van der Waals surface area contributed by atoms with E-state index in [4.69, 9.17) is 4.74 Å². The number of ether oxygens (including phenoxy) is 1. The largest absolute Gasteiger partial charge is 0.444 e. The zero-order valence-corrected chi connectivity index (χ0v) is 15.3. The molecule has 2 aliphatic rings. The number of anilines is 1. The van der Waals surface area contributed by atoms with Crippen LogP contribution in [0, 0.1) is 5.92 Å². The van der Waals surface area contributed by atoms with Crippen LogP contribution < -0.4 is 10.6 Å². The number of hydrogen-bond acceptors (Lipinski definition) is 3. The van der Waals surface area contributed by atoms with E-state index in [1.165, 1.54) is 30.4 Å². The molecule has 0 saturated heterocycles. The summed E-state index contributed by atoms with van der Waals surface area (Å²) in [5.41, 5.74) is 3.07. The Labute approximate surface area is 145 Å². The average molecular weight is 330 g/mol. The smallest absolute Gasteiger partial charge is 0.412 e. The first-order chi connectivity index (χ1) is 11.3. The SMILES string of the molecule is CC1CCC(NC2CCc3cc(NC(=O)OC(C)(C)C)ccc32)C1. The maximum atomic E-state index is 11.9. The number of rotatable bonds is 3. The van der Waals surface area contributed by atoms with Crippen molar-refractivity contribution in [1.82, 2.24) is 5.32 Å². The first-order valence-electron chi connectivity index (χ1n) is 9.19. The van der Waals surface area contributed by atoms with Crippen LogP contribution in [0.5, 0.6) is 0 Å². The second kappa shape index (κ2) is 6.75. The summed E-state index contributed by atoms with van der Waals surface area (Å²) in [5, 5.41) is 6.68. The molecule has 3 unspecified atom stereocenters. The van der Waals surface area contributed by atoms with Gasteiger partial charge in [-0.3, -0.25) is 5.32 Å². The molecule has 4 nitrogen and oxygen atoms in total. The van der Waals surface area contributed by atoms with Crippen LogP contribution in [0.1, 0.15) is 70.5 Å². The van der Waals surface area contributed by atoms with Crippen LogP contribution in [0.15, 0.2) is 18.2 Å². The van der Waals surface area contributed by atoms with E-state index in [-0.39, 0.29) is 0 Å². The highest BCUT2D eigenvalue weighted by molar-refractivity contribution is 5.85. The van der Waals surface area contributed by atoms with Crippen LogP contribution >= 0.6 is 0 Å². The van der Waals surface area contributed by atoms with Crippen LogP contribution in [0.25, 0.3) is 0 Å². The molecule has 3 atom stereocenters. The number of aryl methyl sites for hydroxylation is 1.